The van der Waals surface area contributed by atoms with E-state index in [1.807, 2.05) is 13.0 Å². The molecular formula is C14H19ClN2O3S. The van der Waals surface area contributed by atoms with E-state index < -0.39 is 10.0 Å². The van der Waals surface area contributed by atoms with Gasteiger partial charge in [0, 0.05) is 18.2 Å². The molecule has 7 heteroatoms. The van der Waals surface area contributed by atoms with Crippen molar-refractivity contribution in [3.05, 3.63) is 28.8 Å². The maximum atomic E-state index is 12.3. The Morgan fingerprint density at radius 1 is 1.43 bits per heavy atom. The summed E-state index contributed by atoms with van der Waals surface area (Å²) < 4.78 is 27.1. The van der Waals surface area contributed by atoms with Gasteiger partial charge in [0.1, 0.15) is 11.0 Å². The van der Waals surface area contributed by atoms with Crippen LogP contribution in [-0.4, -0.2) is 26.7 Å². The second-order valence-corrected chi connectivity index (χ2v) is 6.94. The number of sulfonamides is 1. The monoisotopic (exact) mass is 330 g/mol. The van der Waals surface area contributed by atoms with Gasteiger partial charge in [0.15, 0.2) is 0 Å². The molecule has 0 fully saturated rings. The molecule has 5 nitrogen and oxygen atoms in total. The first-order valence-electron chi connectivity index (χ1n) is 6.74. The van der Waals surface area contributed by atoms with Crippen molar-refractivity contribution in [1.29, 1.82) is 5.26 Å². The van der Waals surface area contributed by atoms with Crippen LogP contribution in [0.25, 0.3) is 0 Å². The van der Waals surface area contributed by atoms with E-state index >= 15 is 0 Å². The highest BCUT2D eigenvalue weighted by atomic mass is 35.5. The van der Waals surface area contributed by atoms with Crippen LogP contribution in [0.1, 0.15) is 31.7 Å². The molecule has 1 rings (SSSR count). The lowest BCUT2D eigenvalue weighted by atomic mass is 10.0. The van der Waals surface area contributed by atoms with Crippen LogP contribution in [0.2, 0.25) is 5.02 Å². The molecule has 1 unspecified atom stereocenters. The number of benzene rings is 1. The predicted octanol–water partition coefficient (Wildman–Crippen LogP) is 2.29. The third-order valence-corrected chi connectivity index (χ3v) is 4.85. The fraction of sp³-hybridized carbons (Fsp3) is 0.500. The molecule has 0 aromatic heterocycles. The number of rotatable bonds is 8. The molecule has 0 heterocycles. The van der Waals surface area contributed by atoms with Crippen LogP contribution in [0.4, 0.5) is 0 Å². The van der Waals surface area contributed by atoms with Crippen molar-refractivity contribution in [2.45, 2.75) is 31.1 Å². The molecule has 0 saturated heterocycles. The van der Waals surface area contributed by atoms with Crippen molar-refractivity contribution >= 4 is 21.6 Å². The fourth-order valence-corrected chi connectivity index (χ4v) is 3.59. The lowest BCUT2D eigenvalue weighted by Crippen LogP contribution is -2.30. The number of nitriles is 1. The number of nitrogens with one attached hydrogen (secondary N) is 1. The van der Waals surface area contributed by atoms with Crippen molar-refractivity contribution < 1.29 is 13.5 Å². The van der Waals surface area contributed by atoms with Gasteiger partial charge in [0.25, 0.3) is 0 Å². The summed E-state index contributed by atoms with van der Waals surface area (Å²) in [6.07, 6.45) is 2.27. The highest BCUT2D eigenvalue weighted by molar-refractivity contribution is 7.89. The van der Waals surface area contributed by atoms with E-state index in [2.05, 4.69) is 4.72 Å². The van der Waals surface area contributed by atoms with Crippen LogP contribution in [0.15, 0.2) is 23.1 Å². The summed E-state index contributed by atoms with van der Waals surface area (Å²) in [5.74, 6) is 0.0690. The SMILES string of the molecule is CCCC(CCO)CNS(=O)(=O)c1cc(Cl)ccc1C#N. The first kappa shape index (κ1) is 17.9. The van der Waals surface area contributed by atoms with E-state index in [1.165, 1.54) is 18.2 Å². The predicted molar refractivity (Wildman–Crippen MR) is 81.5 cm³/mol. The van der Waals surface area contributed by atoms with E-state index in [0.717, 1.165) is 12.8 Å². The molecule has 0 saturated carbocycles. The zero-order valence-electron chi connectivity index (χ0n) is 11.8. The molecular weight excluding hydrogens is 312 g/mol. The molecule has 0 amide bonds. The van der Waals surface area contributed by atoms with Crippen molar-refractivity contribution in [3.8, 4) is 6.07 Å². The van der Waals surface area contributed by atoms with Crippen LogP contribution in [0.5, 0.6) is 0 Å². The summed E-state index contributed by atoms with van der Waals surface area (Å²) in [6, 6.07) is 5.98. The van der Waals surface area contributed by atoms with E-state index in [1.54, 1.807) is 0 Å². The largest absolute Gasteiger partial charge is 0.396 e. The number of aliphatic hydroxyl groups is 1. The number of halogens is 1. The minimum absolute atomic E-state index is 0.0208. The van der Waals surface area contributed by atoms with Crippen molar-refractivity contribution in [2.24, 2.45) is 5.92 Å². The summed E-state index contributed by atoms with van der Waals surface area (Å²) in [7, 11) is -3.80. The number of hydrogen-bond acceptors (Lipinski definition) is 4. The summed E-state index contributed by atoms with van der Waals surface area (Å²) in [5, 5.41) is 18.2. The Hall–Kier alpha value is -1.13. The van der Waals surface area contributed by atoms with E-state index in [0.29, 0.717) is 6.42 Å². The molecule has 0 bridgehead atoms. The van der Waals surface area contributed by atoms with Crippen molar-refractivity contribution in [2.75, 3.05) is 13.2 Å². The second-order valence-electron chi connectivity index (χ2n) is 4.77. The topological polar surface area (TPSA) is 90.2 Å². The maximum absolute atomic E-state index is 12.3. The summed E-state index contributed by atoms with van der Waals surface area (Å²) in [5.41, 5.74) is 0.0566. The summed E-state index contributed by atoms with van der Waals surface area (Å²) in [4.78, 5) is -0.114. The molecule has 0 aliphatic carbocycles. The highest BCUT2D eigenvalue weighted by Gasteiger charge is 2.20. The van der Waals surface area contributed by atoms with Gasteiger partial charge < -0.3 is 5.11 Å². The number of nitrogens with zero attached hydrogens (tertiary/aromatic N) is 1. The molecule has 116 valence electrons. The highest BCUT2D eigenvalue weighted by Crippen LogP contribution is 2.20. The Morgan fingerprint density at radius 3 is 2.71 bits per heavy atom. The fourth-order valence-electron chi connectivity index (χ4n) is 2.06. The van der Waals surface area contributed by atoms with Crippen LogP contribution in [0.3, 0.4) is 0 Å². The molecule has 0 radical (unpaired) electrons. The van der Waals surface area contributed by atoms with Gasteiger partial charge in [0.2, 0.25) is 10.0 Å². The van der Waals surface area contributed by atoms with E-state index in [4.69, 9.17) is 22.0 Å². The lowest BCUT2D eigenvalue weighted by molar-refractivity contribution is 0.251. The van der Waals surface area contributed by atoms with Crippen molar-refractivity contribution in [1.82, 2.24) is 4.72 Å². The van der Waals surface area contributed by atoms with Gasteiger partial charge >= 0.3 is 0 Å². The molecule has 0 aliphatic heterocycles. The van der Waals surface area contributed by atoms with Gasteiger partial charge in [-0.15, -0.1) is 0 Å². The maximum Gasteiger partial charge on any atom is 0.241 e. The average Bonchev–Trinajstić information content (AvgIpc) is 2.45. The third kappa shape index (κ3) is 5.29. The van der Waals surface area contributed by atoms with Gasteiger partial charge in [-0.25, -0.2) is 13.1 Å². The van der Waals surface area contributed by atoms with E-state index in [-0.39, 0.29) is 34.6 Å². The second kappa shape index (κ2) is 8.35. The van der Waals surface area contributed by atoms with Gasteiger partial charge in [0.05, 0.1) is 5.56 Å². The molecule has 1 aromatic carbocycles. The Balaban J connectivity index is 2.91. The van der Waals surface area contributed by atoms with Gasteiger partial charge in [-0.3, -0.25) is 0 Å². The zero-order valence-corrected chi connectivity index (χ0v) is 13.4. The van der Waals surface area contributed by atoms with Gasteiger partial charge in [-0.1, -0.05) is 24.9 Å². The Labute approximate surface area is 130 Å². The van der Waals surface area contributed by atoms with Gasteiger partial charge in [-0.2, -0.15) is 5.26 Å². The average molecular weight is 331 g/mol. The van der Waals surface area contributed by atoms with Crippen molar-refractivity contribution in [3.63, 3.8) is 0 Å². The van der Waals surface area contributed by atoms with Crippen LogP contribution in [0, 0.1) is 17.2 Å². The quantitative estimate of drug-likeness (QED) is 0.765. The number of hydrogen-bond donors (Lipinski definition) is 2. The molecule has 1 aromatic rings. The molecule has 21 heavy (non-hydrogen) atoms. The number of aliphatic hydroxyl groups excluding tert-OH is 1. The lowest BCUT2D eigenvalue weighted by Gasteiger charge is -2.16. The van der Waals surface area contributed by atoms with Crippen LogP contribution >= 0.6 is 11.6 Å². The molecule has 1 atom stereocenters. The van der Waals surface area contributed by atoms with Crippen LogP contribution in [-0.2, 0) is 10.0 Å². The minimum atomic E-state index is -3.80. The standard InChI is InChI=1S/C14H19ClN2O3S/c1-2-3-11(6-7-18)10-17-21(19,20)14-8-13(15)5-4-12(14)9-16/h4-5,8,11,17-18H,2-3,6-7,10H2,1H3. The first-order chi connectivity index (χ1) is 9.94. The Kier molecular flexibility index (Phi) is 7.12. The smallest absolute Gasteiger partial charge is 0.241 e. The normalized spacial score (nSPS) is 12.9. The Bertz CT molecular complexity index is 605. The Morgan fingerprint density at radius 2 is 2.14 bits per heavy atom. The molecule has 2 N–H and O–H groups in total. The summed E-state index contributed by atoms with van der Waals surface area (Å²) in [6.45, 7) is 2.25. The zero-order chi connectivity index (χ0) is 15.9. The molecule has 0 spiro atoms. The van der Waals surface area contributed by atoms with Crippen LogP contribution < -0.4 is 4.72 Å². The van der Waals surface area contributed by atoms with E-state index in [9.17, 15) is 8.42 Å². The molecule has 0 aliphatic rings. The third-order valence-electron chi connectivity index (χ3n) is 3.15. The first-order valence-corrected chi connectivity index (χ1v) is 8.60. The summed E-state index contributed by atoms with van der Waals surface area (Å²) >= 11 is 5.81. The minimum Gasteiger partial charge on any atom is -0.396 e. The van der Waals surface area contributed by atoms with Gasteiger partial charge in [-0.05, 0) is 37.0 Å².